The lowest BCUT2D eigenvalue weighted by atomic mass is 9.94. The van der Waals surface area contributed by atoms with Gasteiger partial charge >= 0.3 is 0 Å². The zero-order valence-electron chi connectivity index (χ0n) is 21.1. The van der Waals surface area contributed by atoms with Gasteiger partial charge < -0.3 is 18.9 Å². The topological polar surface area (TPSA) is 60.8 Å². The van der Waals surface area contributed by atoms with E-state index < -0.39 is 0 Å². The standard InChI is InChI=1S/C31H30N2O4/c1-4-31(35)33-17-21(18-33)15-23(34)19-32-20-27(25-10-6-8-12-30(25)37-3)26-16-22(13-14-28(26)32)24-9-5-7-11-29(24)36-2/h4-14,16,20-21H,1,15,17-19H2,2-3H3. The normalized spacial score (nSPS) is 13.3. The van der Waals surface area contributed by atoms with Crippen LogP contribution in [0.4, 0.5) is 0 Å². The lowest BCUT2D eigenvalue weighted by Gasteiger charge is -2.38. The van der Waals surface area contributed by atoms with Gasteiger partial charge in [-0.2, -0.15) is 0 Å². The monoisotopic (exact) mass is 494 g/mol. The number of rotatable bonds is 9. The maximum atomic E-state index is 13.1. The van der Waals surface area contributed by atoms with Gasteiger partial charge in [0.1, 0.15) is 11.5 Å². The van der Waals surface area contributed by atoms with Crippen LogP contribution in [0.3, 0.4) is 0 Å². The Morgan fingerprint density at radius 3 is 2.24 bits per heavy atom. The first-order valence-electron chi connectivity index (χ1n) is 12.3. The predicted octanol–water partition coefficient (Wildman–Crippen LogP) is 5.60. The highest BCUT2D eigenvalue weighted by atomic mass is 16.5. The number of amides is 1. The second-order valence-electron chi connectivity index (χ2n) is 9.36. The van der Waals surface area contributed by atoms with Gasteiger partial charge in [0.05, 0.1) is 20.8 Å². The minimum absolute atomic E-state index is 0.0765. The minimum atomic E-state index is -0.0765. The molecule has 1 amide bonds. The van der Waals surface area contributed by atoms with Crippen LogP contribution in [0.25, 0.3) is 33.2 Å². The van der Waals surface area contributed by atoms with E-state index in [-0.39, 0.29) is 24.2 Å². The molecule has 1 fully saturated rings. The maximum absolute atomic E-state index is 13.1. The third-order valence-electron chi connectivity index (χ3n) is 7.00. The smallest absolute Gasteiger partial charge is 0.245 e. The second kappa shape index (κ2) is 10.3. The largest absolute Gasteiger partial charge is 0.496 e. The molecule has 1 saturated heterocycles. The summed E-state index contributed by atoms with van der Waals surface area (Å²) in [5.41, 5.74) is 4.99. The molecule has 1 aromatic heterocycles. The Labute approximate surface area is 216 Å². The van der Waals surface area contributed by atoms with Crippen molar-refractivity contribution in [2.75, 3.05) is 27.3 Å². The number of likely N-dealkylation sites (tertiary alicyclic amines) is 1. The van der Waals surface area contributed by atoms with Crippen molar-refractivity contribution in [3.05, 3.63) is 85.6 Å². The third kappa shape index (κ3) is 4.75. The van der Waals surface area contributed by atoms with Crippen LogP contribution < -0.4 is 9.47 Å². The molecular formula is C31H30N2O4. The molecule has 0 aliphatic carbocycles. The maximum Gasteiger partial charge on any atom is 0.245 e. The zero-order valence-corrected chi connectivity index (χ0v) is 21.1. The van der Waals surface area contributed by atoms with Crippen LogP contribution >= 0.6 is 0 Å². The zero-order chi connectivity index (χ0) is 25.9. The molecule has 0 atom stereocenters. The van der Waals surface area contributed by atoms with Crippen molar-refractivity contribution in [2.45, 2.75) is 13.0 Å². The number of hydrogen-bond acceptors (Lipinski definition) is 4. The van der Waals surface area contributed by atoms with Gasteiger partial charge in [0.25, 0.3) is 0 Å². The average molecular weight is 495 g/mol. The van der Waals surface area contributed by atoms with Crippen molar-refractivity contribution in [1.82, 2.24) is 9.47 Å². The van der Waals surface area contributed by atoms with Gasteiger partial charge in [-0.05, 0) is 35.9 Å². The Balaban J connectivity index is 1.51. The summed E-state index contributed by atoms with van der Waals surface area (Å²) in [6, 6.07) is 22.2. The Kier molecular flexibility index (Phi) is 6.82. The molecule has 0 radical (unpaired) electrons. The van der Waals surface area contributed by atoms with Crippen molar-refractivity contribution in [2.24, 2.45) is 5.92 Å². The van der Waals surface area contributed by atoms with Crippen LogP contribution in [0.1, 0.15) is 6.42 Å². The number of para-hydroxylation sites is 2. The number of methoxy groups -OCH3 is 2. The van der Waals surface area contributed by atoms with E-state index in [2.05, 4.69) is 24.8 Å². The molecule has 6 heteroatoms. The summed E-state index contributed by atoms with van der Waals surface area (Å²) in [5, 5.41) is 1.03. The van der Waals surface area contributed by atoms with E-state index in [9.17, 15) is 9.59 Å². The van der Waals surface area contributed by atoms with E-state index in [1.54, 1.807) is 19.1 Å². The summed E-state index contributed by atoms with van der Waals surface area (Å²) >= 11 is 0. The van der Waals surface area contributed by atoms with Crippen molar-refractivity contribution >= 4 is 22.6 Å². The van der Waals surface area contributed by atoms with Gasteiger partial charge in [-0.3, -0.25) is 9.59 Å². The number of nitrogens with zero attached hydrogens (tertiary/aromatic N) is 2. The Hall–Kier alpha value is -4.32. The van der Waals surface area contributed by atoms with Crippen LogP contribution in [0.5, 0.6) is 11.5 Å². The van der Waals surface area contributed by atoms with Gasteiger partial charge in [-0.15, -0.1) is 0 Å². The first kappa shape index (κ1) is 24.4. The molecule has 6 nitrogen and oxygen atoms in total. The molecule has 1 aliphatic rings. The van der Waals surface area contributed by atoms with Gasteiger partial charge in [0.2, 0.25) is 5.91 Å². The predicted molar refractivity (Wildman–Crippen MR) is 146 cm³/mol. The van der Waals surface area contributed by atoms with E-state index in [1.807, 2.05) is 59.3 Å². The number of Topliss-reactive ketones (excluding diaryl/α,β-unsaturated/α-hetero) is 1. The molecule has 3 aromatic carbocycles. The molecular weight excluding hydrogens is 464 g/mol. The molecule has 0 saturated carbocycles. The number of carbonyl (C=O) groups excluding carboxylic acids is 2. The van der Waals surface area contributed by atoms with Crippen molar-refractivity contribution in [1.29, 1.82) is 0 Å². The minimum Gasteiger partial charge on any atom is -0.496 e. The van der Waals surface area contributed by atoms with E-state index in [0.29, 0.717) is 19.5 Å². The van der Waals surface area contributed by atoms with Crippen LogP contribution in [0.2, 0.25) is 0 Å². The molecule has 1 aliphatic heterocycles. The molecule has 0 spiro atoms. The fourth-order valence-electron chi connectivity index (χ4n) is 5.14. The molecule has 0 unspecified atom stereocenters. The summed E-state index contributed by atoms with van der Waals surface area (Å²) in [6.45, 7) is 5.02. The number of carbonyl (C=O) groups is 2. The highest BCUT2D eigenvalue weighted by Crippen LogP contribution is 2.39. The summed E-state index contributed by atoms with van der Waals surface area (Å²) in [4.78, 5) is 26.5. The number of benzene rings is 3. The number of ether oxygens (including phenoxy) is 2. The summed E-state index contributed by atoms with van der Waals surface area (Å²) < 4.78 is 13.3. The fourth-order valence-corrected chi connectivity index (χ4v) is 5.14. The third-order valence-corrected chi connectivity index (χ3v) is 7.00. The molecule has 5 rings (SSSR count). The van der Waals surface area contributed by atoms with Gasteiger partial charge in [0.15, 0.2) is 5.78 Å². The SMILES string of the molecule is C=CC(=O)N1CC(CC(=O)Cn2cc(-c3ccccc3OC)c3cc(-c4ccccc4OC)ccc32)C1. The highest BCUT2D eigenvalue weighted by Gasteiger charge is 2.31. The van der Waals surface area contributed by atoms with E-state index in [1.165, 1.54) is 6.08 Å². The first-order valence-corrected chi connectivity index (χ1v) is 12.3. The van der Waals surface area contributed by atoms with E-state index in [4.69, 9.17) is 9.47 Å². The summed E-state index contributed by atoms with van der Waals surface area (Å²) in [5.74, 6) is 1.85. The van der Waals surface area contributed by atoms with Crippen LogP contribution in [0.15, 0.2) is 85.6 Å². The molecule has 37 heavy (non-hydrogen) atoms. The van der Waals surface area contributed by atoms with Gasteiger partial charge in [0, 0.05) is 59.2 Å². The fraction of sp³-hybridized carbons (Fsp3) is 0.226. The number of fused-ring (bicyclic) bond motifs is 1. The first-order chi connectivity index (χ1) is 18.0. The lowest BCUT2D eigenvalue weighted by Crippen LogP contribution is -2.50. The van der Waals surface area contributed by atoms with Gasteiger partial charge in [-0.25, -0.2) is 0 Å². The van der Waals surface area contributed by atoms with Crippen molar-refractivity contribution in [3.8, 4) is 33.8 Å². The van der Waals surface area contributed by atoms with Gasteiger partial charge in [-0.1, -0.05) is 49.0 Å². The number of hydrogen-bond donors (Lipinski definition) is 0. The van der Waals surface area contributed by atoms with Crippen molar-refractivity contribution < 1.29 is 19.1 Å². The average Bonchev–Trinajstić information content (AvgIpc) is 3.27. The quantitative estimate of drug-likeness (QED) is 0.284. The Morgan fingerprint density at radius 1 is 0.919 bits per heavy atom. The molecule has 0 bridgehead atoms. The summed E-state index contributed by atoms with van der Waals surface area (Å²) in [6.07, 6.45) is 3.81. The number of aromatic nitrogens is 1. The second-order valence-corrected chi connectivity index (χ2v) is 9.36. The highest BCUT2D eigenvalue weighted by molar-refractivity contribution is 6.00. The number of ketones is 1. The Bertz CT molecular complexity index is 1480. The molecule has 188 valence electrons. The summed E-state index contributed by atoms with van der Waals surface area (Å²) in [7, 11) is 3.34. The lowest BCUT2D eigenvalue weighted by molar-refractivity contribution is -0.134. The Morgan fingerprint density at radius 2 is 1.57 bits per heavy atom. The van der Waals surface area contributed by atoms with E-state index >= 15 is 0 Å². The van der Waals surface area contributed by atoms with Crippen LogP contribution in [-0.2, 0) is 16.1 Å². The molecule has 0 N–H and O–H groups in total. The molecule has 4 aromatic rings. The van der Waals surface area contributed by atoms with E-state index in [0.717, 1.165) is 44.7 Å². The van der Waals surface area contributed by atoms with Crippen molar-refractivity contribution in [3.63, 3.8) is 0 Å². The molecule has 2 heterocycles. The van der Waals surface area contributed by atoms with Crippen LogP contribution in [-0.4, -0.2) is 48.5 Å². The van der Waals surface area contributed by atoms with Crippen LogP contribution in [0, 0.1) is 5.92 Å².